The van der Waals surface area contributed by atoms with Gasteiger partial charge in [-0.3, -0.25) is 0 Å². The second kappa shape index (κ2) is 5.21. The van der Waals surface area contributed by atoms with Crippen molar-refractivity contribution in [3.8, 4) is 0 Å². The number of alkyl halides is 5. The zero-order valence-electron chi connectivity index (χ0n) is 9.05. The minimum absolute atomic E-state index is 0.0277. The van der Waals surface area contributed by atoms with Gasteiger partial charge in [0, 0.05) is 0 Å². The fourth-order valence-corrected chi connectivity index (χ4v) is 1.65. The largest absolute Gasteiger partial charge is 0.478 e. The number of hydrogen-bond donors (Lipinski definition) is 1. The van der Waals surface area contributed by atoms with Crippen molar-refractivity contribution in [1.29, 1.82) is 0 Å². The molecule has 1 rings (SSSR count). The molecule has 0 bridgehead atoms. The molecule has 0 unspecified atom stereocenters. The summed E-state index contributed by atoms with van der Waals surface area (Å²) in [7, 11) is 0. The Balaban J connectivity index is 3.59. The van der Waals surface area contributed by atoms with E-state index >= 15 is 0 Å². The molecule has 8 heteroatoms. The first-order valence-electron chi connectivity index (χ1n) is 4.81. The number of aromatic carboxylic acids is 1. The monoisotopic (exact) mass is 329 g/mol. The van der Waals surface area contributed by atoms with Gasteiger partial charge in [0.1, 0.15) is 11.4 Å². The molecule has 0 spiro atoms. The number of rotatable bonds is 4. The van der Waals surface area contributed by atoms with Crippen LogP contribution in [0, 0.1) is 0 Å². The lowest BCUT2D eigenvalue weighted by atomic mass is 10.0. The third-order valence-corrected chi connectivity index (χ3v) is 2.63. The summed E-state index contributed by atoms with van der Waals surface area (Å²) in [6, 6.07) is 0.810. The maximum absolute atomic E-state index is 13.0. The van der Waals surface area contributed by atoms with Gasteiger partial charge in [-0.1, -0.05) is 6.92 Å². The van der Waals surface area contributed by atoms with E-state index < -0.39 is 34.2 Å². The van der Waals surface area contributed by atoms with Crippen molar-refractivity contribution >= 4 is 21.9 Å². The minimum Gasteiger partial charge on any atom is -0.478 e. The van der Waals surface area contributed by atoms with E-state index in [1.54, 1.807) is 0 Å². The molecule has 0 aliphatic carbocycles. The Hall–Kier alpha value is -1.18. The second-order valence-electron chi connectivity index (χ2n) is 3.38. The quantitative estimate of drug-likeness (QED) is 0.676. The number of hydrogen-bond acceptors (Lipinski definition) is 2. The van der Waals surface area contributed by atoms with Crippen molar-refractivity contribution in [3.05, 3.63) is 28.6 Å². The van der Waals surface area contributed by atoms with E-state index in [1.807, 2.05) is 15.9 Å². The van der Waals surface area contributed by atoms with Gasteiger partial charge in [-0.15, -0.1) is 0 Å². The summed E-state index contributed by atoms with van der Waals surface area (Å²) in [5.74, 6) is -1.61. The van der Waals surface area contributed by atoms with Crippen LogP contribution < -0.4 is 0 Å². The van der Waals surface area contributed by atoms with Crippen molar-refractivity contribution in [3.63, 3.8) is 0 Å². The van der Waals surface area contributed by atoms with Gasteiger partial charge < -0.3 is 5.11 Å². The molecule has 1 N–H and O–H groups in total. The van der Waals surface area contributed by atoms with E-state index in [9.17, 15) is 22.4 Å². The number of carboxylic acids is 1. The number of pyridine rings is 1. The van der Waals surface area contributed by atoms with Crippen LogP contribution in [0.1, 0.15) is 40.7 Å². The Labute approximate surface area is 108 Å². The highest BCUT2D eigenvalue weighted by Gasteiger charge is 2.33. The first-order chi connectivity index (χ1) is 8.18. The van der Waals surface area contributed by atoms with E-state index in [0.29, 0.717) is 0 Å². The van der Waals surface area contributed by atoms with Crippen LogP contribution in [0.3, 0.4) is 0 Å². The summed E-state index contributed by atoms with van der Waals surface area (Å²) in [4.78, 5) is 10.4. The van der Waals surface area contributed by atoms with E-state index in [-0.39, 0.29) is 12.0 Å². The van der Waals surface area contributed by atoms with Crippen LogP contribution in [-0.4, -0.2) is 16.1 Å². The standard InChI is InChI=1S/C10H8BrF4NO2/c1-2-4-3-5(10(11,14)15)16-7(8(12)13)6(4)9(17)18/h3,8H,2H2,1H3,(H,17,18). The van der Waals surface area contributed by atoms with Crippen LogP contribution in [-0.2, 0) is 11.3 Å². The number of nitrogens with zero attached hydrogens (tertiary/aromatic N) is 1. The number of aryl methyl sites for hydroxylation is 1. The Bertz CT molecular complexity index is 474. The number of carboxylic acid groups (broad SMARTS) is 1. The molecule has 0 radical (unpaired) electrons. The summed E-state index contributed by atoms with van der Waals surface area (Å²) in [5.41, 5.74) is -2.90. The maximum atomic E-state index is 13.0. The average Bonchev–Trinajstić information content (AvgIpc) is 2.25. The topological polar surface area (TPSA) is 50.2 Å². The van der Waals surface area contributed by atoms with Crippen molar-refractivity contribution in [2.75, 3.05) is 0 Å². The first kappa shape index (κ1) is 14.9. The van der Waals surface area contributed by atoms with Gasteiger partial charge in [-0.2, -0.15) is 8.78 Å². The average molecular weight is 330 g/mol. The number of aromatic nitrogens is 1. The normalized spacial score (nSPS) is 11.9. The molecule has 0 amide bonds. The number of halogens is 5. The highest BCUT2D eigenvalue weighted by atomic mass is 79.9. The van der Waals surface area contributed by atoms with Gasteiger partial charge in [-0.25, -0.2) is 18.6 Å². The van der Waals surface area contributed by atoms with Crippen molar-refractivity contribution in [1.82, 2.24) is 4.98 Å². The van der Waals surface area contributed by atoms with Gasteiger partial charge in [0.15, 0.2) is 0 Å². The van der Waals surface area contributed by atoms with Gasteiger partial charge in [0.05, 0.1) is 5.56 Å². The highest BCUT2D eigenvalue weighted by molar-refractivity contribution is 9.09. The molecule has 0 saturated carbocycles. The van der Waals surface area contributed by atoms with E-state index in [0.717, 1.165) is 6.07 Å². The van der Waals surface area contributed by atoms with Gasteiger partial charge in [0.2, 0.25) is 0 Å². The van der Waals surface area contributed by atoms with Gasteiger partial charge in [-0.05, 0) is 34.0 Å². The van der Waals surface area contributed by atoms with Crippen LogP contribution in [0.15, 0.2) is 6.07 Å². The fraction of sp³-hybridized carbons (Fsp3) is 0.400. The molecule has 100 valence electrons. The second-order valence-corrected chi connectivity index (χ2v) is 4.38. The molecule has 0 aromatic carbocycles. The highest BCUT2D eigenvalue weighted by Crippen LogP contribution is 2.36. The molecule has 0 atom stereocenters. The molecule has 1 aromatic rings. The Kier molecular flexibility index (Phi) is 4.31. The SMILES string of the molecule is CCc1cc(C(F)(F)Br)nc(C(F)F)c1C(=O)O. The lowest BCUT2D eigenvalue weighted by Crippen LogP contribution is -2.15. The zero-order chi connectivity index (χ0) is 14.1. The third kappa shape index (κ3) is 2.98. The summed E-state index contributed by atoms with van der Waals surface area (Å²) < 4.78 is 51.4. The first-order valence-corrected chi connectivity index (χ1v) is 5.60. The molecule has 1 aromatic heterocycles. The predicted molar refractivity (Wildman–Crippen MR) is 58.4 cm³/mol. The number of carbonyl (C=O) groups is 1. The smallest absolute Gasteiger partial charge is 0.343 e. The minimum atomic E-state index is -3.59. The lowest BCUT2D eigenvalue weighted by Gasteiger charge is -2.14. The van der Waals surface area contributed by atoms with E-state index in [1.165, 1.54) is 6.92 Å². The maximum Gasteiger partial charge on any atom is 0.343 e. The van der Waals surface area contributed by atoms with Crippen molar-refractivity contribution < 1.29 is 27.5 Å². The van der Waals surface area contributed by atoms with Crippen LogP contribution in [0.4, 0.5) is 17.6 Å². The lowest BCUT2D eigenvalue weighted by molar-refractivity contribution is 0.0676. The predicted octanol–water partition coefficient (Wildman–Crippen LogP) is 3.72. The molecule has 0 fully saturated rings. The van der Waals surface area contributed by atoms with E-state index in [2.05, 4.69) is 4.98 Å². The third-order valence-electron chi connectivity index (χ3n) is 2.22. The van der Waals surface area contributed by atoms with Crippen LogP contribution in [0.2, 0.25) is 0 Å². The summed E-state index contributed by atoms with van der Waals surface area (Å²) in [6.45, 7) is 1.48. The Morgan fingerprint density at radius 1 is 1.56 bits per heavy atom. The van der Waals surface area contributed by atoms with Crippen molar-refractivity contribution in [2.45, 2.75) is 24.6 Å². The van der Waals surface area contributed by atoms with Gasteiger partial charge in [0.25, 0.3) is 6.43 Å². The fourth-order valence-electron chi connectivity index (χ4n) is 1.45. The molecule has 0 saturated heterocycles. The molecular weight excluding hydrogens is 322 g/mol. The zero-order valence-corrected chi connectivity index (χ0v) is 10.6. The summed E-state index contributed by atoms with van der Waals surface area (Å²) in [5, 5.41) is 8.85. The van der Waals surface area contributed by atoms with Crippen molar-refractivity contribution in [2.24, 2.45) is 0 Å². The Morgan fingerprint density at radius 3 is 2.44 bits per heavy atom. The Morgan fingerprint density at radius 2 is 2.11 bits per heavy atom. The van der Waals surface area contributed by atoms with Crippen LogP contribution in [0.5, 0.6) is 0 Å². The van der Waals surface area contributed by atoms with Crippen LogP contribution in [0.25, 0.3) is 0 Å². The molecule has 18 heavy (non-hydrogen) atoms. The summed E-state index contributed by atoms with van der Waals surface area (Å²) >= 11 is 2.01. The molecule has 0 aliphatic heterocycles. The molecular formula is C10H8BrF4NO2. The summed E-state index contributed by atoms with van der Waals surface area (Å²) in [6.07, 6.45) is -3.21. The van der Waals surface area contributed by atoms with Gasteiger partial charge >= 0.3 is 10.8 Å². The molecule has 1 heterocycles. The van der Waals surface area contributed by atoms with E-state index in [4.69, 9.17) is 5.11 Å². The molecule has 0 aliphatic rings. The molecule has 3 nitrogen and oxygen atoms in total. The van der Waals surface area contributed by atoms with Crippen LogP contribution >= 0.6 is 15.9 Å².